The van der Waals surface area contributed by atoms with Crippen LogP contribution in [0.3, 0.4) is 0 Å². The van der Waals surface area contributed by atoms with Crippen LogP contribution in [0.1, 0.15) is 99.3 Å². The topological polar surface area (TPSA) is 0 Å². The zero-order valence-electron chi connectivity index (χ0n) is 21.3. The Kier molecular flexibility index (Phi) is 11.4. The molecular formula is C32H40Cl2Zr. The van der Waals surface area contributed by atoms with Gasteiger partial charge in [-0.2, -0.15) is 0 Å². The van der Waals surface area contributed by atoms with Crippen LogP contribution in [0.2, 0.25) is 7.25 Å². The van der Waals surface area contributed by atoms with Crippen molar-refractivity contribution < 1.29 is 48.0 Å². The number of hydrogen-bond donors (Lipinski definition) is 0. The molecule has 0 aromatic heterocycles. The molecule has 3 heteroatoms. The number of fused-ring (bicyclic) bond motifs is 2. The van der Waals surface area contributed by atoms with Gasteiger partial charge in [0.15, 0.2) is 0 Å². The number of allylic oxidation sites excluding steroid dienone is 2. The molecule has 2 aromatic rings. The summed E-state index contributed by atoms with van der Waals surface area (Å²) in [6.07, 6.45) is 21.4. The molecule has 6 unspecified atom stereocenters. The summed E-state index contributed by atoms with van der Waals surface area (Å²) in [5.74, 6) is 2.89. The fourth-order valence-electron chi connectivity index (χ4n) is 6.79. The van der Waals surface area contributed by atoms with E-state index in [0.717, 1.165) is 19.1 Å². The maximum atomic E-state index is 2.55. The van der Waals surface area contributed by atoms with Crippen molar-refractivity contribution >= 4 is 12.2 Å². The van der Waals surface area contributed by atoms with E-state index in [1.807, 2.05) is 0 Å². The fourth-order valence-corrected chi connectivity index (χ4v) is 11.2. The van der Waals surface area contributed by atoms with Gasteiger partial charge in [-0.3, -0.25) is 0 Å². The summed E-state index contributed by atoms with van der Waals surface area (Å²) in [6.45, 7) is 4.95. The van der Waals surface area contributed by atoms with Crippen LogP contribution in [-0.2, 0) is 23.2 Å². The predicted octanol–water partition coefficient (Wildman–Crippen LogP) is 3.68. The molecule has 2 aromatic carbocycles. The first kappa shape index (κ1) is 28.9. The van der Waals surface area contributed by atoms with E-state index in [2.05, 4.69) is 86.7 Å². The third-order valence-electron chi connectivity index (χ3n) is 8.83. The summed E-state index contributed by atoms with van der Waals surface area (Å²) >= 11 is -0.344. The van der Waals surface area contributed by atoms with E-state index in [9.17, 15) is 0 Å². The zero-order valence-corrected chi connectivity index (χ0v) is 25.3. The second-order valence-corrected chi connectivity index (χ2v) is 15.5. The van der Waals surface area contributed by atoms with Gasteiger partial charge in [-0.05, 0) is 0 Å². The van der Waals surface area contributed by atoms with Crippen molar-refractivity contribution in [3.63, 3.8) is 0 Å². The molecule has 1 fully saturated rings. The molecule has 1 aliphatic heterocycles. The number of hydrogen-bond acceptors (Lipinski definition) is 0. The Balaban J connectivity index is 0.00000171. The molecule has 0 spiro atoms. The standard InChI is InChI=1S/C32H40.2ClH.Zr/c1-3-5-7-13-25(31-23-21-27-15-9-11-17-29(27)31)19-20-26(14-8-6-4-2)32-24-22-28-16-10-12-18-30(28)32;;;/h5-6,9-12,15-18,21-26,31-32H,3-4,7-8,13-14,19-20H2,1-2H3;2*1H;/q;;;+2/p-2. The molecule has 0 bridgehead atoms. The first-order valence-electron chi connectivity index (χ1n) is 13.6. The Morgan fingerprint density at radius 3 is 1.43 bits per heavy atom. The monoisotopic (exact) mass is 584 g/mol. The minimum atomic E-state index is -0.344. The Morgan fingerprint density at radius 2 is 1.00 bits per heavy atom. The van der Waals surface area contributed by atoms with Crippen LogP contribution in [0.25, 0.3) is 12.2 Å². The van der Waals surface area contributed by atoms with Crippen LogP contribution in [0, 0.1) is 11.8 Å². The van der Waals surface area contributed by atoms with Crippen molar-refractivity contribution in [3.8, 4) is 0 Å². The van der Waals surface area contributed by atoms with Crippen LogP contribution in [0.4, 0.5) is 0 Å². The van der Waals surface area contributed by atoms with Gasteiger partial charge < -0.3 is 24.8 Å². The summed E-state index contributed by atoms with van der Waals surface area (Å²) < 4.78 is 2.15. The van der Waals surface area contributed by atoms with Gasteiger partial charge in [0.05, 0.1) is 0 Å². The van der Waals surface area contributed by atoms with Crippen molar-refractivity contribution in [2.24, 2.45) is 11.8 Å². The average molecular weight is 587 g/mol. The van der Waals surface area contributed by atoms with Crippen molar-refractivity contribution in [1.82, 2.24) is 0 Å². The van der Waals surface area contributed by atoms with Gasteiger partial charge >= 0.3 is 214 Å². The predicted molar refractivity (Wildman–Crippen MR) is 139 cm³/mol. The first-order valence-corrected chi connectivity index (χ1v) is 16.4. The Bertz CT molecular complexity index is 917. The largest absolute Gasteiger partial charge is 1.00 e. The minimum absolute atomic E-state index is 0. The SMILES string of the molecule is CC[CH]1CCC(C2C=Cc3ccccc32)CCC(C2C=Cc3ccccc32)CC[CH](CC)[Zr+2]1.[Cl-].[Cl-]. The molecule has 0 N–H and O–H groups in total. The van der Waals surface area contributed by atoms with Crippen molar-refractivity contribution in [1.29, 1.82) is 0 Å². The molecule has 35 heavy (non-hydrogen) atoms. The van der Waals surface area contributed by atoms with Crippen LogP contribution in [0.5, 0.6) is 0 Å². The summed E-state index contributed by atoms with van der Waals surface area (Å²) in [7, 11) is 0. The van der Waals surface area contributed by atoms with Gasteiger partial charge in [0.1, 0.15) is 0 Å². The van der Waals surface area contributed by atoms with Gasteiger partial charge in [0.25, 0.3) is 0 Å². The smallest absolute Gasteiger partial charge is 1.00 e. The van der Waals surface area contributed by atoms with E-state index < -0.39 is 0 Å². The van der Waals surface area contributed by atoms with Gasteiger partial charge in [0.2, 0.25) is 0 Å². The van der Waals surface area contributed by atoms with Gasteiger partial charge in [0, 0.05) is 0 Å². The van der Waals surface area contributed by atoms with E-state index in [1.54, 1.807) is 11.1 Å². The van der Waals surface area contributed by atoms with E-state index in [1.165, 1.54) is 62.5 Å². The maximum Gasteiger partial charge on any atom is -1.00 e. The molecule has 1 saturated heterocycles. The first-order chi connectivity index (χ1) is 16.3. The molecule has 186 valence electrons. The molecule has 0 amide bonds. The average Bonchev–Trinajstić information content (AvgIpc) is 3.47. The Hall–Kier alpha value is -0.617. The number of halogens is 2. The molecule has 3 aliphatic rings. The molecule has 5 rings (SSSR count). The van der Waals surface area contributed by atoms with Gasteiger partial charge in [-0.25, -0.2) is 0 Å². The normalized spacial score (nSPS) is 29.4. The Labute approximate surface area is 237 Å². The summed E-state index contributed by atoms with van der Waals surface area (Å²) in [5, 5.41) is 0. The zero-order chi connectivity index (χ0) is 22.6. The molecular weight excluding hydrogens is 546 g/mol. The van der Waals surface area contributed by atoms with E-state index >= 15 is 0 Å². The van der Waals surface area contributed by atoms with Crippen molar-refractivity contribution in [2.45, 2.75) is 84.3 Å². The molecule has 0 radical (unpaired) electrons. The van der Waals surface area contributed by atoms with Crippen LogP contribution in [-0.4, -0.2) is 0 Å². The Morgan fingerprint density at radius 1 is 0.600 bits per heavy atom. The maximum absolute atomic E-state index is 2.55. The second kappa shape index (κ2) is 13.8. The molecule has 0 saturated carbocycles. The number of rotatable bonds is 4. The summed E-state index contributed by atoms with van der Waals surface area (Å²) in [5.41, 5.74) is 6.13. The quantitative estimate of drug-likeness (QED) is 0.513. The van der Waals surface area contributed by atoms with Crippen molar-refractivity contribution in [2.75, 3.05) is 0 Å². The van der Waals surface area contributed by atoms with E-state index in [-0.39, 0.29) is 48.0 Å². The van der Waals surface area contributed by atoms with E-state index in [4.69, 9.17) is 0 Å². The molecule has 0 nitrogen and oxygen atoms in total. The van der Waals surface area contributed by atoms with Crippen LogP contribution >= 0.6 is 0 Å². The van der Waals surface area contributed by atoms with Crippen molar-refractivity contribution in [3.05, 3.63) is 82.9 Å². The third-order valence-corrected chi connectivity index (χ3v) is 14.6. The molecule has 2 aliphatic carbocycles. The molecule has 1 heterocycles. The summed E-state index contributed by atoms with van der Waals surface area (Å²) in [4.78, 5) is 0. The van der Waals surface area contributed by atoms with Gasteiger partial charge in [-0.15, -0.1) is 0 Å². The number of benzene rings is 2. The second-order valence-electron chi connectivity index (χ2n) is 10.7. The minimum Gasteiger partial charge on any atom is -1.00 e. The molecule has 6 atom stereocenters. The third kappa shape index (κ3) is 6.64. The van der Waals surface area contributed by atoms with Gasteiger partial charge in [-0.1, -0.05) is 0 Å². The fraction of sp³-hybridized carbons (Fsp3) is 0.500. The van der Waals surface area contributed by atoms with Crippen LogP contribution in [0.15, 0.2) is 60.7 Å². The van der Waals surface area contributed by atoms with E-state index in [0.29, 0.717) is 11.8 Å². The summed E-state index contributed by atoms with van der Waals surface area (Å²) in [6, 6.07) is 18.3. The van der Waals surface area contributed by atoms with Crippen LogP contribution < -0.4 is 24.8 Å².